The predicted molar refractivity (Wildman–Crippen MR) is 111 cm³/mol. The molecule has 28 heavy (non-hydrogen) atoms. The molecule has 1 heterocycles. The van der Waals surface area contributed by atoms with E-state index in [2.05, 4.69) is 10.6 Å². The molecule has 1 saturated heterocycles. The molecule has 0 radical (unpaired) electrons. The van der Waals surface area contributed by atoms with Crippen molar-refractivity contribution >= 4 is 23.2 Å². The maximum absolute atomic E-state index is 12.5. The minimum atomic E-state index is -0.173. The van der Waals surface area contributed by atoms with Gasteiger partial charge in [0.25, 0.3) is 5.91 Å². The molecule has 0 aliphatic carbocycles. The molecule has 1 fully saturated rings. The van der Waals surface area contributed by atoms with Crippen molar-refractivity contribution in [3.8, 4) is 5.75 Å². The van der Waals surface area contributed by atoms with E-state index >= 15 is 0 Å². The van der Waals surface area contributed by atoms with E-state index in [0.29, 0.717) is 11.3 Å². The predicted octanol–water partition coefficient (Wildman–Crippen LogP) is 3.76. The third-order valence-corrected chi connectivity index (χ3v) is 4.47. The highest BCUT2D eigenvalue weighted by Crippen LogP contribution is 2.18. The van der Waals surface area contributed by atoms with Crippen LogP contribution in [-0.2, 0) is 4.79 Å². The Bertz CT molecular complexity index is 812. The maximum Gasteiger partial charge on any atom is 0.253 e. The lowest BCUT2D eigenvalue weighted by Crippen LogP contribution is -2.27. The first-order valence-corrected chi connectivity index (χ1v) is 9.71. The summed E-state index contributed by atoms with van der Waals surface area (Å²) < 4.78 is 5.60. The summed E-state index contributed by atoms with van der Waals surface area (Å²) in [6, 6.07) is 14.6. The number of likely N-dealkylation sites (tertiary alicyclic amines) is 1. The van der Waals surface area contributed by atoms with Gasteiger partial charge < -0.3 is 20.3 Å². The Morgan fingerprint density at radius 2 is 1.75 bits per heavy atom. The standard InChI is InChI=1S/C22H27N3O3/c1-16(2)28-20-10-8-18(9-11-20)23-15-21(26)24-19-7-5-6-17(14-19)22(27)25-12-3-4-13-25/h5-11,14,16,23H,3-4,12-13,15H2,1-2H3,(H,24,26). The summed E-state index contributed by atoms with van der Waals surface area (Å²) in [5.74, 6) is 0.646. The van der Waals surface area contributed by atoms with Gasteiger partial charge in [-0.15, -0.1) is 0 Å². The summed E-state index contributed by atoms with van der Waals surface area (Å²) in [5, 5.41) is 5.92. The van der Waals surface area contributed by atoms with Gasteiger partial charge in [0.2, 0.25) is 5.91 Å². The molecule has 148 valence electrons. The highest BCUT2D eigenvalue weighted by molar-refractivity contribution is 5.98. The molecule has 0 unspecified atom stereocenters. The van der Waals surface area contributed by atoms with Gasteiger partial charge in [0.1, 0.15) is 5.75 Å². The average molecular weight is 381 g/mol. The first-order chi connectivity index (χ1) is 13.5. The molecule has 1 aliphatic rings. The summed E-state index contributed by atoms with van der Waals surface area (Å²) in [7, 11) is 0. The second kappa shape index (κ2) is 9.26. The topological polar surface area (TPSA) is 70.7 Å². The smallest absolute Gasteiger partial charge is 0.253 e. The highest BCUT2D eigenvalue weighted by atomic mass is 16.5. The molecule has 0 spiro atoms. The lowest BCUT2D eigenvalue weighted by Gasteiger charge is -2.16. The first-order valence-electron chi connectivity index (χ1n) is 9.71. The average Bonchev–Trinajstić information content (AvgIpc) is 3.21. The number of carbonyl (C=O) groups excluding carboxylic acids is 2. The van der Waals surface area contributed by atoms with E-state index in [-0.39, 0.29) is 24.5 Å². The van der Waals surface area contributed by atoms with Crippen LogP contribution in [0.4, 0.5) is 11.4 Å². The molecule has 0 atom stereocenters. The van der Waals surface area contributed by atoms with Gasteiger partial charge in [-0.05, 0) is 69.2 Å². The Morgan fingerprint density at radius 1 is 1.04 bits per heavy atom. The number of rotatable bonds is 7. The largest absolute Gasteiger partial charge is 0.491 e. The lowest BCUT2D eigenvalue weighted by molar-refractivity contribution is -0.114. The number of anilines is 2. The molecule has 6 heteroatoms. The van der Waals surface area contributed by atoms with E-state index in [1.165, 1.54) is 0 Å². The highest BCUT2D eigenvalue weighted by Gasteiger charge is 2.19. The Balaban J connectivity index is 1.52. The minimum Gasteiger partial charge on any atom is -0.491 e. The van der Waals surface area contributed by atoms with Crippen molar-refractivity contribution in [2.45, 2.75) is 32.8 Å². The fourth-order valence-corrected chi connectivity index (χ4v) is 3.14. The molecule has 0 bridgehead atoms. The number of nitrogens with zero attached hydrogens (tertiary/aromatic N) is 1. The molecule has 2 amide bonds. The van der Waals surface area contributed by atoms with Crippen LogP contribution in [0.5, 0.6) is 5.75 Å². The number of hydrogen-bond acceptors (Lipinski definition) is 4. The number of carbonyl (C=O) groups is 2. The number of ether oxygens (including phenoxy) is 1. The summed E-state index contributed by atoms with van der Waals surface area (Å²) in [4.78, 5) is 26.6. The quantitative estimate of drug-likeness (QED) is 0.766. The zero-order chi connectivity index (χ0) is 19.9. The second-order valence-corrected chi connectivity index (χ2v) is 7.17. The third kappa shape index (κ3) is 5.49. The van der Waals surface area contributed by atoms with Gasteiger partial charge in [0, 0.05) is 30.0 Å². The van der Waals surface area contributed by atoms with Gasteiger partial charge in [-0.25, -0.2) is 0 Å². The van der Waals surface area contributed by atoms with Gasteiger partial charge in [-0.2, -0.15) is 0 Å². The van der Waals surface area contributed by atoms with Crippen molar-refractivity contribution in [3.63, 3.8) is 0 Å². The van der Waals surface area contributed by atoms with Crippen LogP contribution < -0.4 is 15.4 Å². The molecule has 0 saturated carbocycles. The minimum absolute atomic E-state index is 0.0235. The van der Waals surface area contributed by atoms with Crippen LogP contribution in [0.2, 0.25) is 0 Å². The number of benzene rings is 2. The summed E-state index contributed by atoms with van der Waals surface area (Å²) in [6.07, 6.45) is 2.23. The zero-order valence-electron chi connectivity index (χ0n) is 16.4. The van der Waals surface area contributed by atoms with Crippen molar-refractivity contribution in [2.75, 3.05) is 30.3 Å². The van der Waals surface area contributed by atoms with Crippen molar-refractivity contribution in [1.29, 1.82) is 0 Å². The summed E-state index contributed by atoms with van der Waals surface area (Å²) >= 11 is 0. The van der Waals surface area contributed by atoms with E-state index in [1.807, 2.05) is 43.0 Å². The summed E-state index contributed by atoms with van der Waals surface area (Å²) in [6.45, 7) is 5.70. The number of nitrogens with one attached hydrogen (secondary N) is 2. The van der Waals surface area contributed by atoms with E-state index < -0.39 is 0 Å². The Hall–Kier alpha value is -3.02. The molecule has 2 aromatic carbocycles. The maximum atomic E-state index is 12.5. The van der Waals surface area contributed by atoms with Crippen LogP contribution >= 0.6 is 0 Å². The molecular weight excluding hydrogens is 354 g/mol. The molecule has 2 N–H and O–H groups in total. The fraction of sp³-hybridized carbons (Fsp3) is 0.364. The van der Waals surface area contributed by atoms with Crippen LogP contribution in [0.15, 0.2) is 48.5 Å². The monoisotopic (exact) mass is 381 g/mol. The van der Waals surface area contributed by atoms with E-state index in [1.54, 1.807) is 24.3 Å². The van der Waals surface area contributed by atoms with Gasteiger partial charge in [0.15, 0.2) is 0 Å². The van der Waals surface area contributed by atoms with Crippen LogP contribution in [0.25, 0.3) is 0 Å². The van der Waals surface area contributed by atoms with Gasteiger partial charge in [-0.3, -0.25) is 9.59 Å². The fourth-order valence-electron chi connectivity index (χ4n) is 3.14. The molecular formula is C22H27N3O3. The summed E-state index contributed by atoms with van der Waals surface area (Å²) in [5.41, 5.74) is 2.06. The Morgan fingerprint density at radius 3 is 2.43 bits per heavy atom. The van der Waals surface area contributed by atoms with Crippen LogP contribution in [0.1, 0.15) is 37.0 Å². The van der Waals surface area contributed by atoms with Crippen molar-refractivity contribution in [2.24, 2.45) is 0 Å². The number of amides is 2. The van der Waals surface area contributed by atoms with Gasteiger partial charge in [-0.1, -0.05) is 6.07 Å². The Kier molecular flexibility index (Phi) is 6.53. The van der Waals surface area contributed by atoms with Crippen LogP contribution in [0.3, 0.4) is 0 Å². The molecule has 6 nitrogen and oxygen atoms in total. The molecule has 1 aliphatic heterocycles. The molecule has 2 aromatic rings. The van der Waals surface area contributed by atoms with Gasteiger partial charge >= 0.3 is 0 Å². The van der Waals surface area contributed by atoms with E-state index in [9.17, 15) is 9.59 Å². The van der Waals surface area contributed by atoms with Crippen molar-refractivity contribution < 1.29 is 14.3 Å². The first kappa shape index (κ1) is 19.7. The van der Waals surface area contributed by atoms with Crippen LogP contribution in [0, 0.1) is 0 Å². The van der Waals surface area contributed by atoms with E-state index in [0.717, 1.165) is 37.4 Å². The molecule has 3 rings (SSSR count). The lowest BCUT2D eigenvalue weighted by atomic mass is 10.1. The SMILES string of the molecule is CC(C)Oc1ccc(NCC(=O)Nc2cccc(C(=O)N3CCCC3)c2)cc1. The van der Waals surface area contributed by atoms with Gasteiger partial charge in [0.05, 0.1) is 12.6 Å². The molecule has 0 aromatic heterocycles. The van der Waals surface area contributed by atoms with Crippen molar-refractivity contribution in [1.82, 2.24) is 4.90 Å². The zero-order valence-corrected chi connectivity index (χ0v) is 16.4. The Labute approximate surface area is 165 Å². The van der Waals surface area contributed by atoms with Crippen LogP contribution in [-0.4, -0.2) is 42.5 Å². The van der Waals surface area contributed by atoms with Crippen molar-refractivity contribution in [3.05, 3.63) is 54.1 Å². The normalized spacial score (nSPS) is 13.5. The second-order valence-electron chi connectivity index (χ2n) is 7.17. The third-order valence-electron chi connectivity index (χ3n) is 4.47. The number of hydrogen-bond donors (Lipinski definition) is 2. The van der Waals surface area contributed by atoms with E-state index in [4.69, 9.17) is 4.74 Å².